The molecule has 0 aliphatic carbocycles. The number of fused-ring (bicyclic) bond motifs is 1. The van der Waals surface area contributed by atoms with Gasteiger partial charge in [-0.25, -0.2) is 0 Å². The van der Waals surface area contributed by atoms with Crippen LogP contribution in [0.5, 0.6) is 5.75 Å². The second-order valence-electron chi connectivity index (χ2n) is 8.71. The van der Waals surface area contributed by atoms with Gasteiger partial charge in [-0.05, 0) is 35.4 Å². The quantitative estimate of drug-likeness (QED) is 0.0386. The second kappa shape index (κ2) is 16.8. The Bertz CT molecular complexity index is 1250. The first-order chi connectivity index (χ1) is 19.9. The third kappa shape index (κ3) is 11.7. The number of nitrogens with zero attached hydrogens (tertiary/aromatic N) is 3. The lowest BCUT2D eigenvalue weighted by Crippen LogP contribution is -2.44. The molecule has 2 rings (SSSR count). The van der Waals surface area contributed by atoms with E-state index in [4.69, 9.17) is 9.47 Å². The molecular formula is C24H27N3O13S2. The summed E-state index contributed by atoms with van der Waals surface area (Å²) in [5.41, 5.74) is -1.44. The molecule has 0 fully saturated rings. The van der Waals surface area contributed by atoms with Crippen molar-refractivity contribution in [1.29, 1.82) is 0 Å². The van der Waals surface area contributed by atoms with E-state index in [1.165, 1.54) is 6.92 Å². The number of ether oxygens (including phenoxy) is 2. The Hall–Kier alpha value is -4.32. The molecule has 0 aliphatic heterocycles. The van der Waals surface area contributed by atoms with Gasteiger partial charge in [0.15, 0.2) is 0 Å². The zero-order valence-electron chi connectivity index (χ0n) is 22.2. The largest absolute Gasteiger partial charge is 0.464 e. The Kier molecular flexibility index (Phi) is 13.6. The maximum absolute atomic E-state index is 12.8. The molecule has 0 bridgehead atoms. The smallest absolute Gasteiger partial charge is 0.313 e. The number of hydrogen-bond acceptors (Lipinski definition) is 15. The van der Waals surface area contributed by atoms with E-state index in [2.05, 4.69) is 21.1 Å². The fourth-order valence-corrected chi connectivity index (χ4v) is 5.08. The highest BCUT2D eigenvalue weighted by atomic mass is 33.1. The SMILES string of the molecule is C=CCSSCCC(=O)Oc1ccc2cc([C@H](C)C(=O)OCC(CO[N+](=O)[O-])(CO[N+](=O)[O-])CO[N+](=O)[O-])ccc2c1. The highest BCUT2D eigenvalue weighted by Crippen LogP contribution is 2.28. The van der Waals surface area contributed by atoms with Crippen LogP contribution < -0.4 is 4.74 Å². The van der Waals surface area contributed by atoms with Crippen molar-refractivity contribution in [1.82, 2.24) is 0 Å². The topological polar surface area (TPSA) is 210 Å². The number of rotatable bonds is 20. The summed E-state index contributed by atoms with van der Waals surface area (Å²) in [7, 11) is 3.14. The van der Waals surface area contributed by atoms with E-state index in [1.54, 1.807) is 64.1 Å². The Labute approximate surface area is 246 Å². The molecule has 0 saturated heterocycles. The van der Waals surface area contributed by atoms with E-state index in [9.17, 15) is 39.9 Å². The molecule has 0 radical (unpaired) electrons. The van der Waals surface area contributed by atoms with Crippen LogP contribution in [0.15, 0.2) is 49.1 Å². The first kappa shape index (κ1) is 33.9. The maximum atomic E-state index is 12.8. The minimum atomic E-state index is -1.96. The zero-order chi connectivity index (χ0) is 31.1. The van der Waals surface area contributed by atoms with Gasteiger partial charge in [-0.1, -0.05) is 51.9 Å². The van der Waals surface area contributed by atoms with Gasteiger partial charge in [0.2, 0.25) is 0 Å². The van der Waals surface area contributed by atoms with E-state index in [1.807, 2.05) is 0 Å². The number of carbonyl (C=O) groups excluding carboxylic acids is 2. The second-order valence-corrected chi connectivity index (χ2v) is 11.3. The summed E-state index contributed by atoms with van der Waals surface area (Å²) in [6, 6.07) is 10.0. The Morgan fingerprint density at radius 3 is 2.05 bits per heavy atom. The molecule has 0 aliphatic rings. The summed E-state index contributed by atoms with van der Waals surface area (Å²) in [5, 5.41) is 29.9. The maximum Gasteiger partial charge on any atom is 0.313 e. The summed E-state index contributed by atoms with van der Waals surface area (Å²) < 4.78 is 10.6. The summed E-state index contributed by atoms with van der Waals surface area (Å²) in [6.45, 7) is 1.48. The summed E-state index contributed by atoms with van der Waals surface area (Å²) in [6.07, 6.45) is 2.01. The monoisotopic (exact) mass is 629 g/mol. The van der Waals surface area contributed by atoms with Gasteiger partial charge in [0, 0.05) is 11.5 Å². The van der Waals surface area contributed by atoms with Crippen molar-refractivity contribution in [3.05, 3.63) is 85.0 Å². The molecule has 0 heterocycles. The van der Waals surface area contributed by atoms with Crippen molar-refractivity contribution in [3.63, 3.8) is 0 Å². The van der Waals surface area contributed by atoms with E-state index < -0.39 is 59.0 Å². The molecular weight excluding hydrogens is 602 g/mol. The molecule has 2 aromatic carbocycles. The third-order valence-electron chi connectivity index (χ3n) is 5.53. The van der Waals surface area contributed by atoms with Gasteiger partial charge >= 0.3 is 11.9 Å². The molecule has 16 nitrogen and oxygen atoms in total. The highest BCUT2D eigenvalue weighted by Gasteiger charge is 2.38. The molecule has 228 valence electrons. The van der Waals surface area contributed by atoms with Crippen molar-refractivity contribution in [2.45, 2.75) is 19.3 Å². The molecule has 1 atom stereocenters. The molecule has 0 N–H and O–H groups in total. The van der Waals surface area contributed by atoms with Crippen molar-refractivity contribution >= 4 is 44.3 Å². The minimum absolute atomic E-state index is 0.237. The third-order valence-corrected chi connectivity index (χ3v) is 7.85. The van der Waals surface area contributed by atoms with Gasteiger partial charge in [0.1, 0.15) is 32.2 Å². The van der Waals surface area contributed by atoms with Gasteiger partial charge in [-0.2, -0.15) is 0 Å². The molecule has 0 aromatic heterocycles. The van der Waals surface area contributed by atoms with Crippen LogP contribution in [-0.4, -0.2) is 65.1 Å². The van der Waals surface area contributed by atoms with Gasteiger partial charge in [-0.3, -0.25) is 9.59 Å². The molecule has 0 unspecified atom stereocenters. The summed E-state index contributed by atoms with van der Waals surface area (Å²) >= 11 is 0. The zero-order valence-corrected chi connectivity index (χ0v) is 23.9. The lowest BCUT2D eigenvalue weighted by molar-refractivity contribution is -0.782. The van der Waals surface area contributed by atoms with Crippen LogP contribution in [0.25, 0.3) is 10.8 Å². The predicted molar refractivity (Wildman–Crippen MR) is 150 cm³/mol. The standard InChI is InChI=1S/C24H27N3O13S2/c1-3-9-41-42-10-8-22(28)40-21-7-6-19-11-18(4-5-20(19)12-21)17(2)23(29)36-13-24(14-37-25(30)31,15-38-26(32)33)16-39-27(34)35/h3-7,11-12,17H,1,8-10,13-16H2,2H3/t17-/m0/s1. The van der Waals surface area contributed by atoms with Crippen LogP contribution in [0.4, 0.5) is 0 Å². The molecule has 2 aromatic rings. The molecule has 0 saturated carbocycles. The Morgan fingerprint density at radius 2 is 1.48 bits per heavy atom. The average molecular weight is 630 g/mol. The van der Waals surface area contributed by atoms with Crippen molar-refractivity contribution < 1.29 is 48.8 Å². The van der Waals surface area contributed by atoms with Crippen LogP contribution in [-0.2, 0) is 28.8 Å². The molecule has 18 heteroatoms. The van der Waals surface area contributed by atoms with Crippen LogP contribution in [0.3, 0.4) is 0 Å². The Balaban J connectivity index is 2.09. The van der Waals surface area contributed by atoms with Crippen molar-refractivity contribution in [2.75, 3.05) is 37.9 Å². The van der Waals surface area contributed by atoms with Crippen LogP contribution in [0.2, 0.25) is 0 Å². The first-order valence-electron chi connectivity index (χ1n) is 12.0. The first-order valence-corrected chi connectivity index (χ1v) is 14.5. The van der Waals surface area contributed by atoms with Gasteiger partial charge in [0.05, 0.1) is 17.8 Å². The van der Waals surface area contributed by atoms with E-state index in [0.29, 0.717) is 17.1 Å². The lowest BCUT2D eigenvalue weighted by Gasteiger charge is -2.30. The molecule has 42 heavy (non-hydrogen) atoms. The number of esters is 2. The molecule has 0 spiro atoms. The lowest BCUT2D eigenvalue weighted by atomic mass is 9.92. The fourth-order valence-electron chi connectivity index (χ4n) is 3.34. The number of hydrogen-bond donors (Lipinski definition) is 0. The van der Waals surface area contributed by atoms with Gasteiger partial charge < -0.3 is 24.0 Å². The normalized spacial score (nSPS) is 11.6. The van der Waals surface area contributed by atoms with Gasteiger partial charge in [0.25, 0.3) is 15.3 Å². The number of benzene rings is 2. The fraction of sp³-hybridized carbons (Fsp3) is 0.417. The minimum Gasteiger partial charge on any atom is -0.464 e. The van der Waals surface area contributed by atoms with E-state index in [0.717, 1.165) is 16.5 Å². The van der Waals surface area contributed by atoms with Crippen LogP contribution in [0, 0.1) is 35.8 Å². The predicted octanol–water partition coefficient (Wildman–Crippen LogP) is 3.96. The summed E-state index contributed by atoms with van der Waals surface area (Å²) in [5.74, 6) is -0.362. The number of carbonyl (C=O) groups is 2. The van der Waals surface area contributed by atoms with Crippen LogP contribution >= 0.6 is 21.6 Å². The van der Waals surface area contributed by atoms with Crippen LogP contribution in [0.1, 0.15) is 24.8 Å². The summed E-state index contributed by atoms with van der Waals surface area (Å²) in [4.78, 5) is 69.8. The Morgan fingerprint density at radius 1 is 0.905 bits per heavy atom. The van der Waals surface area contributed by atoms with E-state index >= 15 is 0 Å². The average Bonchev–Trinajstić information content (AvgIpc) is 2.95. The van der Waals surface area contributed by atoms with Crippen molar-refractivity contribution in [3.8, 4) is 5.75 Å². The van der Waals surface area contributed by atoms with E-state index in [-0.39, 0.29) is 12.4 Å². The molecule has 0 amide bonds. The highest BCUT2D eigenvalue weighted by molar-refractivity contribution is 8.76. The van der Waals surface area contributed by atoms with Crippen molar-refractivity contribution in [2.24, 2.45) is 5.41 Å². The van der Waals surface area contributed by atoms with Gasteiger partial charge in [-0.15, -0.1) is 36.9 Å².